The Morgan fingerprint density at radius 2 is 2.22 bits per heavy atom. The highest BCUT2D eigenvalue weighted by molar-refractivity contribution is 5.56. The smallest absolute Gasteiger partial charge is 0.167 e. The van der Waals surface area contributed by atoms with Crippen molar-refractivity contribution in [1.29, 1.82) is 5.26 Å². The molecular weight excluding hydrogens is 295 g/mol. The molecule has 3 heterocycles. The average Bonchev–Trinajstić information content (AvgIpc) is 3.00. The molecule has 23 heavy (non-hydrogen) atoms. The van der Waals surface area contributed by atoms with Crippen molar-refractivity contribution in [2.75, 3.05) is 23.3 Å². The molecule has 0 radical (unpaired) electrons. The molecule has 1 aliphatic heterocycles. The van der Waals surface area contributed by atoms with Crippen LogP contribution in [0.2, 0.25) is 0 Å². The molecule has 0 bridgehead atoms. The van der Waals surface area contributed by atoms with E-state index >= 15 is 0 Å². The third kappa shape index (κ3) is 2.93. The number of anilines is 2. The topological polar surface area (TPSA) is 77.7 Å². The van der Waals surface area contributed by atoms with Crippen molar-refractivity contribution in [2.24, 2.45) is 0 Å². The van der Waals surface area contributed by atoms with Gasteiger partial charge in [-0.2, -0.15) is 10.4 Å². The van der Waals surface area contributed by atoms with Gasteiger partial charge in [-0.15, -0.1) is 5.10 Å². The lowest BCUT2D eigenvalue weighted by Gasteiger charge is -2.19. The Morgan fingerprint density at radius 1 is 1.39 bits per heavy atom. The second-order valence-corrected chi connectivity index (χ2v) is 5.63. The number of hydrogen-bond acceptors (Lipinski definition) is 6. The van der Waals surface area contributed by atoms with Crippen molar-refractivity contribution in [1.82, 2.24) is 15.2 Å². The fourth-order valence-corrected chi connectivity index (χ4v) is 2.72. The van der Waals surface area contributed by atoms with Crippen LogP contribution in [-0.2, 0) is 0 Å². The van der Waals surface area contributed by atoms with Gasteiger partial charge in [-0.25, -0.2) is 9.37 Å². The second kappa shape index (κ2) is 6.16. The number of halogens is 1. The number of aryl methyl sites for hydroxylation is 1. The maximum Gasteiger partial charge on any atom is 0.167 e. The molecule has 1 fully saturated rings. The maximum atomic E-state index is 13.8. The number of nitrogens with one attached hydrogen (secondary N) is 1. The Morgan fingerprint density at radius 3 is 2.96 bits per heavy atom. The van der Waals surface area contributed by atoms with Gasteiger partial charge in [0.25, 0.3) is 0 Å². The molecule has 118 valence electrons. The van der Waals surface area contributed by atoms with Crippen molar-refractivity contribution in [2.45, 2.75) is 26.3 Å². The molecule has 0 spiro atoms. The Labute approximate surface area is 134 Å². The summed E-state index contributed by atoms with van der Waals surface area (Å²) >= 11 is 0. The quantitative estimate of drug-likeness (QED) is 0.936. The minimum atomic E-state index is -0.322. The fourth-order valence-electron chi connectivity index (χ4n) is 2.72. The molecule has 1 atom stereocenters. The summed E-state index contributed by atoms with van der Waals surface area (Å²) < 4.78 is 13.8. The van der Waals surface area contributed by atoms with Gasteiger partial charge in [0.2, 0.25) is 0 Å². The maximum absolute atomic E-state index is 13.8. The number of pyridine rings is 1. The summed E-state index contributed by atoms with van der Waals surface area (Å²) in [5, 5.41) is 20.8. The number of nitriles is 1. The Kier molecular flexibility index (Phi) is 4.06. The largest absolute Gasteiger partial charge is 0.363 e. The van der Waals surface area contributed by atoms with Gasteiger partial charge in [0, 0.05) is 25.3 Å². The van der Waals surface area contributed by atoms with Crippen LogP contribution >= 0.6 is 0 Å². The third-order valence-corrected chi connectivity index (χ3v) is 4.13. The van der Waals surface area contributed by atoms with Crippen LogP contribution in [0.4, 0.5) is 16.0 Å². The van der Waals surface area contributed by atoms with Crippen LogP contribution in [0.15, 0.2) is 18.3 Å². The van der Waals surface area contributed by atoms with E-state index in [4.69, 9.17) is 0 Å². The predicted octanol–water partition coefficient (Wildman–Crippen LogP) is 2.19. The second-order valence-electron chi connectivity index (χ2n) is 5.63. The van der Waals surface area contributed by atoms with Gasteiger partial charge in [0.15, 0.2) is 17.5 Å². The van der Waals surface area contributed by atoms with Gasteiger partial charge >= 0.3 is 0 Å². The van der Waals surface area contributed by atoms with Crippen LogP contribution in [0.3, 0.4) is 0 Å². The molecule has 2 aromatic rings. The van der Waals surface area contributed by atoms with Gasteiger partial charge in [0.05, 0.1) is 5.69 Å². The molecule has 0 aliphatic carbocycles. The zero-order valence-electron chi connectivity index (χ0n) is 13.0. The molecule has 1 unspecified atom stereocenters. The summed E-state index contributed by atoms with van der Waals surface area (Å²) in [7, 11) is 0. The van der Waals surface area contributed by atoms with E-state index in [-0.39, 0.29) is 11.9 Å². The Bertz CT molecular complexity index is 770. The molecule has 0 saturated carbocycles. The molecule has 0 amide bonds. The molecule has 1 N–H and O–H groups in total. The van der Waals surface area contributed by atoms with Crippen LogP contribution in [0.25, 0.3) is 0 Å². The molecule has 3 rings (SSSR count). The van der Waals surface area contributed by atoms with Crippen LogP contribution in [0.1, 0.15) is 23.2 Å². The van der Waals surface area contributed by atoms with E-state index in [0.29, 0.717) is 30.3 Å². The summed E-state index contributed by atoms with van der Waals surface area (Å²) in [5.41, 5.74) is 2.09. The van der Waals surface area contributed by atoms with Gasteiger partial charge in [-0.1, -0.05) is 0 Å². The van der Waals surface area contributed by atoms with Gasteiger partial charge in [0.1, 0.15) is 11.6 Å². The van der Waals surface area contributed by atoms with Crippen LogP contribution in [0, 0.1) is 31.0 Å². The Balaban J connectivity index is 1.76. The van der Waals surface area contributed by atoms with E-state index in [2.05, 4.69) is 26.6 Å². The van der Waals surface area contributed by atoms with Crippen molar-refractivity contribution >= 4 is 11.6 Å². The lowest BCUT2D eigenvalue weighted by Crippen LogP contribution is -2.28. The summed E-state index contributed by atoms with van der Waals surface area (Å²) in [4.78, 5) is 6.00. The highest BCUT2D eigenvalue weighted by Crippen LogP contribution is 2.24. The molecule has 2 aromatic heterocycles. The summed E-state index contributed by atoms with van der Waals surface area (Å²) in [6.45, 7) is 4.99. The first-order valence-corrected chi connectivity index (χ1v) is 7.46. The first-order chi connectivity index (χ1) is 11.1. The SMILES string of the molecule is Cc1nnc(NC2CCN(c3ncccc3F)C2)c(C#N)c1C. The van der Waals surface area contributed by atoms with E-state index in [9.17, 15) is 9.65 Å². The summed E-state index contributed by atoms with van der Waals surface area (Å²) in [6, 6.07) is 5.24. The lowest BCUT2D eigenvalue weighted by atomic mass is 10.1. The van der Waals surface area contributed by atoms with E-state index < -0.39 is 0 Å². The molecular formula is C16H17FN6. The standard InChI is InChI=1S/C16H17FN6/c1-10-11(2)21-22-15(13(10)8-18)20-12-5-7-23(9-12)16-14(17)4-3-6-19-16/h3-4,6,12H,5,7,9H2,1-2H3,(H,20,22). The molecule has 7 heteroatoms. The van der Waals surface area contributed by atoms with Gasteiger partial charge in [-0.05, 0) is 38.0 Å². The molecule has 0 aromatic carbocycles. The minimum absolute atomic E-state index is 0.0694. The first-order valence-electron chi connectivity index (χ1n) is 7.46. The lowest BCUT2D eigenvalue weighted by molar-refractivity contribution is 0.615. The number of rotatable bonds is 3. The van der Waals surface area contributed by atoms with E-state index in [1.807, 2.05) is 18.7 Å². The van der Waals surface area contributed by atoms with Gasteiger partial charge in [-0.3, -0.25) is 0 Å². The van der Waals surface area contributed by atoms with Crippen molar-refractivity contribution in [3.8, 4) is 6.07 Å². The van der Waals surface area contributed by atoms with Crippen LogP contribution in [0.5, 0.6) is 0 Å². The fraction of sp³-hybridized carbons (Fsp3) is 0.375. The third-order valence-electron chi connectivity index (χ3n) is 4.13. The van der Waals surface area contributed by atoms with Crippen molar-refractivity contribution in [3.05, 3.63) is 41.0 Å². The van der Waals surface area contributed by atoms with E-state index in [1.54, 1.807) is 12.3 Å². The molecule has 1 saturated heterocycles. The van der Waals surface area contributed by atoms with Gasteiger partial charge < -0.3 is 10.2 Å². The van der Waals surface area contributed by atoms with Crippen LogP contribution < -0.4 is 10.2 Å². The average molecular weight is 312 g/mol. The monoisotopic (exact) mass is 312 g/mol. The minimum Gasteiger partial charge on any atom is -0.363 e. The number of aromatic nitrogens is 3. The summed E-state index contributed by atoms with van der Waals surface area (Å²) in [5.74, 6) is 0.532. The van der Waals surface area contributed by atoms with E-state index in [1.165, 1.54) is 6.07 Å². The van der Waals surface area contributed by atoms with E-state index in [0.717, 1.165) is 17.7 Å². The highest BCUT2D eigenvalue weighted by atomic mass is 19.1. The zero-order valence-corrected chi connectivity index (χ0v) is 13.0. The number of nitrogens with zero attached hydrogens (tertiary/aromatic N) is 5. The van der Waals surface area contributed by atoms with Crippen molar-refractivity contribution in [3.63, 3.8) is 0 Å². The predicted molar refractivity (Wildman–Crippen MR) is 84.7 cm³/mol. The zero-order chi connectivity index (χ0) is 16.4. The first kappa shape index (κ1) is 15.2. The number of hydrogen-bond donors (Lipinski definition) is 1. The normalized spacial score (nSPS) is 17.1. The van der Waals surface area contributed by atoms with Crippen molar-refractivity contribution < 1.29 is 4.39 Å². The highest BCUT2D eigenvalue weighted by Gasteiger charge is 2.26. The molecule has 6 nitrogen and oxygen atoms in total. The Hall–Kier alpha value is -2.75. The molecule has 1 aliphatic rings. The van der Waals surface area contributed by atoms with Crippen LogP contribution in [-0.4, -0.2) is 34.3 Å². The summed E-state index contributed by atoms with van der Waals surface area (Å²) in [6.07, 6.45) is 2.40.